The highest BCUT2D eigenvalue weighted by Gasteiger charge is 2.20. The Kier molecular flexibility index (Phi) is 3.28. The first-order valence-electron chi connectivity index (χ1n) is 6.64. The van der Waals surface area contributed by atoms with Crippen LogP contribution in [0.15, 0.2) is 53.5 Å². The molecule has 0 atom stereocenters. The molecular formula is C16H8Br2N2O3. The van der Waals surface area contributed by atoms with Gasteiger partial charge < -0.3 is 14.8 Å². The lowest BCUT2D eigenvalue weighted by Gasteiger charge is -2.10. The predicted molar refractivity (Wildman–Crippen MR) is 96.5 cm³/mol. The van der Waals surface area contributed by atoms with Crippen molar-refractivity contribution in [1.29, 1.82) is 0 Å². The summed E-state index contributed by atoms with van der Waals surface area (Å²) in [4.78, 5) is 17.1. The van der Waals surface area contributed by atoms with Gasteiger partial charge in [0.2, 0.25) is 11.3 Å². The van der Waals surface area contributed by atoms with Crippen molar-refractivity contribution < 1.29 is 9.52 Å². The Labute approximate surface area is 146 Å². The zero-order valence-electron chi connectivity index (χ0n) is 11.4. The molecule has 0 fully saturated rings. The van der Waals surface area contributed by atoms with Crippen LogP contribution < -0.4 is 10.7 Å². The number of anilines is 2. The fourth-order valence-electron chi connectivity index (χ4n) is 2.42. The maximum atomic E-state index is 12.8. The van der Waals surface area contributed by atoms with E-state index in [1.165, 1.54) is 12.3 Å². The van der Waals surface area contributed by atoms with Gasteiger partial charge in [-0.25, -0.2) is 0 Å². The van der Waals surface area contributed by atoms with Crippen LogP contribution in [0.1, 0.15) is 5.56 Å². The largest absolute Gasteiger partial charge is 0.505 e. The van der Waals surface area contributed by atoms with E-state index in [1.807, 2.05) is 24.3 Å². The number of benzene rings is 2. The molecule has 0 radical (unpaired) electrons. The SMILES string of the molecule is O=c1c2c(oc3c(Br)c(O)c(Br)cc13)Nc1ccccc1N=C2. The van der Waals surface area contributed by atoms with E-state index in [4.69, 9.17) is 4.42 Å². The second-order valence-electron chi connectivity index (χ2n) is 4.97. The Morgan fingerprint density at radius 3 is 2.83 bits per heavy atom. The molecule has 0 bridgehead atoms. The normalized spacial score (nSPS) is 12.4. The molecule has 1 aliphatic rings. The third-order valence-corrected chi connectivity index (χ3v) is 4.91. The van der Waals surface area contributed by atoms with Gasteiger partial charge in [-0.15, -0.1) is 0 Å². The summed E-state index contributed by atoms with van der Waals surface area (Å²) >= 11 is 6.50. The van der Waals surface area contributed by atoms with Gasteiger partial charge in [0.1, 0.15) is 15.8 Å². The van der Waals surface area contributed by atoms with Crippen molar-refractivity contribution in [2.75, 3.05) is 5.32 Å². The van der Waals surface area contributed by atoms with Crippen LogP contribution in [0.5, 0.6) is 5.75 Å². The average molecular weight is 436 g/mol. The van der Waals surface area contributed by atoms with Crippen LogP contribution in [0.2, 0.25) is 0 Å². The molecule has 3 aromatic rings. The number of halogens is 2. The van der Waals surface area contributed by atoms with Gasteiger partial charge in [0.05, 0.1) is 21.2 Å². The first-order valence-corrected chi connectivity index (χ1v) is 8.23. The Hall–Kier alpha value is -2.12. The Morgan fingerprint density at radius 1 is 1.22 bits per heavy atom. The minimum absolute atomic E-state index is 0.0247. The van der Waals surface area contributed by atoms with Crippen LogP contribution in [0, 0.1) is 0 Å². The van der Waals surface area contributed by atoms with Crippen LogP contribution in [0.4, 0.5) is 17.3 Å². The molecule has 0 spiro atoms. The molecule has 2 N–H and O–H groups in total. The van der Waals surface area contributed by atoms with Crippen molar-refractivity contribution in [2.45, 2.75) is 0 Å². The molecule has 2 aromatic carbocycles. The number of hydrogen-bond acceptors (Lipinski definition) is 5. The number of nitrogens with one attached hydrogen (secondary N) is 1. The Bertz CT molecular complexity index is 1060. The second kappa shape index (κ2) is 5.21. The topological polar surface area (TPSA) is 74.8 Å². The first-order chi connectivity index (χ1) is 11.1. The summed E-state index contributed by atoms with van der Waals surface area (Å²) in [5.41, 5.74) is 1.83. The highest BCUT2D eigenvalue weighted by Crippen LogP contribution is 2.40. The molecule has 0 amide bonds. The molecule has 1 aliphatic heterocycles. The lowest BCUT2D eigenvalue weighted by Crippen LogP contribution is -2.11. The molecule has 0 unspecified atom stereocenters. The maximum Gasteiger partial charge on any atom is 0.210 e. The van der Waals surface area contributed by atoms with E-state index < -0.39 is 0 Å². The standard InChI is InChI=1S/C16H8Br2N2O3/c17-9-5-7-13(21)8-6-19-10-3-1-2-4-11(10)20-16(8)23-15(7)12(18)14(9)22/h1-6,20,22H. The zero-order valence-corrected chi connectivity index (χ0v) is 14.6. The van der Waals surface area contributed by atoms with E-state index in [1.54, 1.807) is 0 Å². The molecule has 114 valence electrons. The number of phenolic OH excluding ortho intramolecular Hbond substituents is 1. The quantitative estimate of drug-likeness (QED) is 0.414. The molecule has 0 saturated heterocycles. The maximum absolute atomic E-state index is 12.8. The van der Waals surface area contributed by atoms with Gasteiger partial charge in [0, 0.05) is 6.21 Å². The predicted octanol–water partition coefficient (Wildman–Crippen LogP) is 4.83. The van der Waals surface area contributed by atoms with Crippen LogP contribution in [-0.2, 0) is 0 Å². The van der Waals surface area contributed by atoms with Crippen LogP contribution >= 0.6 is 31.9 Å². The highest BCUT2D eigenvalue weighted by atomic mass is 79.9. The van der Waals surface area contributed by atoms with Crippen molar-refractivity contribution in [3.8, 4) is 5.75 Å². The van der Waals surface area contributed by atoms with E-state index in [0.717, 1.165) is 5.69 Å². The van der Waals surface area contributed by atoms with Gasteiger partial charge in [0.25, 0.3) is 0 Å². The minimum atomic E-state index is -0.230. The smallest absolute Gasteiger partial charge is 0.210 e. The molecule has 23 heavy (non-hydrogen) atoms. The van der Waals surface area contributed by atoms with E-state index in [2.05, 4.69) is 42.2 Å². The van der Waals surface area contributed by atoms with Gasteiger partial charge in [-0.1, -0.05) is 12.1 Å². The van der Waals surface area contributed by atoms with E-state index in [0.29, 0.717) is 31.5 Å². The zero-order chi connectivity index (χ0) is 16.1. The fraction of sp³-hybridized carbons (Fsp3) is 0. The lowest BCUT2D eigenvalue weighted by molar-refractivity contribution is 0.467. The molecule has 0 aliphatic carbocycles. The van der Waals surface area contributed by atoms with E-state index in [9.17, 15) is 9.90 Å². The molecular weight excluding hydrogens is 428 g/mol. The van der Waals surface area contributed by atoms with E-state index >= 15 is 0 Å². The highest BCUT2D eigenvalue weighted by molar-refractivity contribution is 9.11. The number of fused-ring (bicyclic) bond motifs is 3. The summed E-state index contributed by atoms with van der Waals surface area (Å²) < 4.78 is 6.56. The van der Waals surface area contributed by atoms with E-state index in [-0.39, 0.29) is 16.8 Å². The van der Waals surface area contributed by atoms with Gasteiger partial charge in [-0.3, -0.25) is 9.79 Å². The molecule has 7 heteroatoms. The third-order valence-electron chi connectivity index (χ3n) is 3.57. The summed E-state index contributed by atoms with van der Waals surface area (Å²) in [6, 6.07) is 8.95. The number of phenols is 1. The van der Waals surface area contributed by atoms with Crippen molar-refractivity contribution >= 4 is 66.3 Å². The molecule has 1 aromatic heterocycles. The van der Waals surface area contributed by atoms with Gasteiger partial charge >= 0.3 is 0 Å². The van der Waals surface area contributed by atoms with Crippen molar-refractivity contribution in [1.82, 2.24) is 0 Å². The summed E-state index contributed by atoms with van der Waals surface area (Å²) in [7, 11) is 0. The molecule has 0 saturated carbocycles. The molecule has 5 nitrogen and oxygen atoms in total. The Balaban J connectivity index is 2.08. The summed E-state index contributed by atoms with van der Waals surface area (Å²) in [6.45, 7) is 0. The van der Waals surface area contributed by atoms with Crippen molar-refractivity contribution in [2.24, 2.45) is 4.99 Å². The van der Waals surface area contributed by atoms with Crippen LogP contribution in [0.25, 0.3) is 11.0 Å². The number of nitrogens with zero attached hydrogens (tertiary/aromatic N) is 1. The number of para-hydroxylation sites is 2. The van der Waals surface area contributed by atoms with Gasteiger partial charge in [0.15, 0.2) is 5.58 Å². The third kappa shape index (κ3) is 2.19. The number of rotatable bonds is 0. The minimum Gasteiger partial charge on any atom is -0.505 e. The summed E-state index contributed by atoms with van der Waals surface area (Å²) in [6.07, 6.45) is 1.49. The number of hydrogen-bond donors (Lipinski definition) is 2. The van der Waals surface area contributed by atoms with Crippen molar-refractivity contribution in [3.05, 3.63) is 55.1 Å². The molecule has 2 heterocycles. The first kappa shape index (κ1) is 14.5. The monoisotopic (exact) mass is 434 g/mol. The lowest BCUT2D eigenvalue weighted by atomic mass is 10.1. The molecule has 4 rings (SSSR count). The fourth-order valence-corrected chi connectivity index (χ4v) is 3.62. The van der Waals surface area contributed by atoms with Gasteiger partial charge in [-0.05, 0) is 50.1 Å². The summed E-state index contributed by atoms with van der Waals surface area (Å²) in [5.74, 6) is 0.266. The summed E-state index contributed by atoms with van der Waals surface area (Å²) in [5, 5.41) is 13.4. The number of aliphatic imine (C=N–C) groups is 1. The van der Waals surface area contributed by atoms with Crippen molar-refractivity contribution in [3.63, 3.8) is 0 Å². The van der Waals surface area contributed by atoms with Crippen LogP contribution in [-0.4, -0.2) is 11.3 Å². The average Bonchev–Trinajstić information content (AvgIpc) is 2.73. The Morgan fingerprint density at radius 2 is 2.00 bits per heavy atom. The second-order valence-corrected chi connectivity index (χ2v) is 6.62. The van der Waals surface area contributed by atoms with Gasteiger partial charge in [-0.2, -0.15) is 0 Å². The van der Waals surface area contributed by atoms with Crippen LogP contribution in [0.3, 0.4) is 0 Å². The number of aromatic hydroxyl groups is 1.